The Bertz CT molecular complexity index is 1100. The van der Waals surface area contributed by atoms with Crippen molar-refractivity contribution < 1.29 is 18.4 Å². The fourth-order valence-electron chi connectivity index (χ4n) is 3.45. The molecule has 2 aromatic heterocycles. The predicted octanol–water partition coefficient (Wildman–Crippen LogP) is 3.35. The van der Waals surface area contributed by atoms with Crippen molar-refractivity contribution in [3.8, 4) is 0 Å². The van der Waals surface area contributed by atoms with Gasteiger partial charge < -0.3 is 14.3 Å². The second-order valence-corrected chi connectivity index (χ2v) is 6.64. The van der Waals surface area contributed by atoms with Gasteiger partial charge in [0.1, 0.15) is 11.6 Å². The molecule has 0 spiro atoms. The van der Waals surface area contributed by atoms with Crippen molar-refractivity contribution in [1.82, 2.24) is 14.9 Å². The van der Waals surface area contributed by atoms with Gasteiger partial charge in [0.25, 0.3) is 0 Å². The molecule has 0 fully saturated rings. The number of carbonyl (C=O) groups excluding carboxylic acids is 2. The van der Waals surface area contributed by atoms with Crippen LogP contribution >= 0.6 is 0 Å². The van der Waals surface area contributed by atoms with Gasteiger partial charge in [-0.2, -0.15) is 0 Å². The Kier molecular flexibility index (Phi) is 4.43. The number of furan rings is 1. The number of aryl methyl sites for hydroxylation is 2. The van der Waals surface area contributed by atoms with Gasteiger partial charge in [0.2, 0.25) is 5.78 Å². The topological polar surface area (TPSA) is 77.1 Å². The Balaban J connectivity index is 1.57. The van der Waals surface area contributed by atoms with E-state index in [2.05, 4.69) is 16.9 Å². The van der Waals surface area contributed by atoms with Gasteiger partial charge in [-0.15, -0.1) is 0 Å². The summed E-state index contributed by atoms with van der Waals surface area (Å²) in [4.78, 5) is 29.7. The average molecular weight is 379 g/mol. The highest BCUT2D eigenvalue weighted by Gasteiger charge is 2.37. The third-order valence-electron chi connectivity index (χ3n) is 4.78. The van der Waals surface area contributed by atoms with Crippen LogP contribution in [0.15, 0.2) is 47.9 Å². The van der Waals surface area contributed by atoms with Crippen molar-refractivity contribution in [2.24, 2.45) is 0 Å². The number of imidazole rings is 1. The molecule has 0 bridgehead atoms. The van der Waals surface area contributed by atoms with Crippen LogP contribution in [-0.4, -0.2) is 27.7 Å². The minimum Gasteiger partial charge on any atom is -0.456 e. The maximum atomic E-state index is 13.5. The summed E-state index contributed by atoms with van der Waals surface area (Å²) in [6, 6.07) is 3.57. The first-order valence-corrected chi connectivity index (χ1v) is 8.88. The van der Waals surface area contributed by atoms with Crippen molar-refractivity contribution in [3.63, 3.8) is 0 Å². The molecule has 0 atom stereocenters. The third kappa shape index (κ3) is 2.94. The van der Waals surface area contributed by atoms with E-state index in [1.165, 1.54) is 12.1 Å². The summed E-state index contributed by atoms with van der Waals surface area (Å²) in [5, 5.41) is 3.20. The Labute approximate surface area is 160 Å². The van der Waals surface area contributed by atoms with E-state index in [0.717, 1.165) is 19.0 Å². The van der Waals surface area contributed by atoms with E-state index in [9.17, 15) is 14.0 Å². The van der Waals surface area contributed by atoms with E-state index in [0.29, 0.717) is 23.6 Å². The fraction of sp³-hybridized carbons (Fsp3) is 0.190. The van der Waals surface area contributed by atoms with Gasteiger partial charge >= 0.3 is 0 Å². The van der Waals surface area contributed by atoms with Crippen LogP contribution in [0.3, 0.4) is 0 Å². The van der Waals surface area contributed by atoms with E-state index in [4.69, 9.17) is 4.42 Å². The van der Waals surface area contributed by atoms with Gasteiger partial charge in [-0.05, 0) is 31.5 Å². The molecule has 0 saturated carbocycles. The molecule has 1 aliphatic rings. The van der Waals surface area contributed by atoms with Crippen LogP contribution in [0.2, 0.25) is 0 Å². The molecule has 0 amide bonds. The summed E-state index contributed by atoms with van der Waals surface area (Å²) < 4.78 is 21.1. The number of halogens is 1. The number of carbonyl (C=O) groups is 2. The molecule has 0 radical (unpaired) electrons. The third-order valence-corrected chi connectivity index (χ3v) is 4.78. The lowest BCUT2D eigenvalue weighted by atomic mass is 9.86. The number of nitrogens with one attached hydrogen (secondary N) is 1. The zero-order chi connectivity index (χ0) is 19.8. The minimum absolute atomic E-state index is 0.0247. The van der Waals surface area contributed by atoms with Crippen LogP contribution in [0.25, 0.3) is 5.70 Å². The van der Waals surface area contributed by atoms with Crippen LogP contribution in [0.1, 0.15) is 49.8 Å². The Morgan fingerprint density at radius 3 is 2.86 bits per heavy atom. The van der Waals surface area contributed by atoms with Crippen molar-refractivity contribution >= 4 is 17.3 Å². The second-order valence-electron chi connectivity index (χ2n) is 6.64. The monoisotopic (exact) mass is 379 g/mol. The number of benzene rings is 1. The molecule has 1 aliphatic carbocycles. The molecule has 3 aromatic rings. The zero-order valence-corrected chi connectivity index (χ0v) is 15.3. The number of fused-ring (bicyclic) bond motifs is 2. The average Bonchev–Trinajstić information content (AvgIpc) is 3.30. The van der Waals surface area contributed by atoms with Crippen molar-refractivity contribution in [2.75, 3.05) is 6.54 Å². The van der Waals surface area contributed by atoms with Crippen molar-refractivity contribution in [1.29, 1.82) is 0 Å². The smallest absolute Gasteiger partial charge is 0.229 e. The van der Waals surface area contributed by atoms with Gasteiger partial charge in [0.15, 0.2) is 11.5 Å². The molecule has 4 rings (SSSR count). The summed E-state index contributed by atoms with van der Waals surface area (Å²) in [5.74, 6) is -1.07. The normalized spacial score (nSPS) is 12.6. The van der Waals surface area contributed by atoms with E-state index < -0.39 is 11.6 Å². The maximum absolute atomic E-state index is 13.5. The number of nitrogens with zero attached hydrogens (tertiary/aromatic N) is 2. The number of hydrogen-bond acceptors (Lipinski definition) is 5. The first-order chi connectivity index (χ1) is 13.5. The van der Waals surface area contributed by atoms with Crippen LogP contribution in [0, 0.1) is 12.7 Å². The van der Waals surface area contributed by atoms with Gasteiger partial charge in [0.05, 0.1) is 17.5 Å². The van der Waals surface area contributed by atoms with E-state index in [1.807, 2.05) is 10.8 Å². The highest BCUT2D eigenvalue weighted by Crippen LogP contribution is 2.35. The molecule has 0 saturated heterocycles. The number of hydrogen-bond donors (Lipinski definition) is 1. The van der Waals surface area contributed by atoms with Gasteiger partial charge in [0, 0.05) is 42.3 Å². The maximum Gasteiger partial charge on any atom is 0.229 e. The standard InChI is InChI=1S/C21H18FN3O3/c1-12(24-6-3-8-25-9-7-23-11-25)17-13(2)28-21-18(17)19(26)15-5-4-14(22)10-16(15)20(21)27/h4-5,7,9-11,24H,1,3,6,8H2,2H3. The largest absolute Gasteiger partial charge is 0.456 e. The molecular formula is C21H18FN3O3. The zero-order valence-electron chi connectivity index (χ0n) is 15.3. The SMILES string of the molecule is C=C(NCCCn1ccnc1)c1c(C)oc2c1C(=O)c1ccc(F)cc1C2=O. The van der Waals surface area contributed by atoms with E-state index in [-0.39, 0.29) is 28.2 Å². The Hall–Kier alpha value is -3.48. The number of rotatable bonds is 6. The highest BCUT2D eigenvalue weighted by molar-refractivity contribution is 6.28. The molecule has 142 valence electrons. The molecule has 7 heteroatoms. The summed E-state index contributed by atoms with van der Waals surface area (Å²) >= 11 is 0. The first-order valence-electron chi connectivity index (χ1n) is 8.88. The van der Waals surface area contributed by atoms with Gasteiger partial charge in [-0.3, -0.25) is 9.59 Å². The van der Waals surface area contributed by atoms with Crippen LogP contribution < -0.4 is 5.32 Å². The summed E-state index contributed by atoms with van der Waals surface area (Å²) in [6.45, 7) is 7.11. The molecule has 0 unspecified atom stereocenters. The number of aromatic nitrogens is 2. The van der Waals surface area contributed by atoms with E-state index >= 15 is 0 Å². The molecule has 6 nitrogen and oxygen atoms in total. The van der Waals surface area contributed by atoms with Crippen LogP contribution in [0.5, 0.6) is 0 Å². The van der Waals surface area contributed by atoms with Crippen molar-refractivity contribution in [2.45, 2.75) is 19.9 Å². The summed E-state index contributed by atoms with van der Waals surface area (Å²) in [7, 11) is 0. The van der Waals surface area contributed by atoms with Gasteiger partial charge in [-0.25, -0.2) is 9.37 Å². The molecule has 28 heavy (non-hydrogen) atoms. The quantitative estimate of drug-likeness (QED) is 0.520. The van der Waals surface area contributed by atoms with Crippen LogP contribution in [-0.2, 0) is 6.54 Å². The molecule has 2 heterocycles. The molecule has 0 aliphatic heterocycles. The minimum atomic E-state index is -0.573. The van der Waals surface area contributed by atoms with Crippen molar-refractivity contribution in [3.05, 3.63) is 83.1 Å². The second kappa shape index (κ2) is 6.92. The lowest BCUT2D eigenvalue weighted by Gasteiger charge is -2.15. The highest BCUT2D eigenvalue weighted by atomic mass is 19.1. The molecule has 1 N–H and O–H groups in total. The van der Waals surface area contributed by atoms with E-state index in [1.54, 1.807) is 19.4 Å². The van der Waals surface area contributed by atoms with Gasteiger partial charge in [-0.1, -0.05) is 6.58 Å². The summed E-state index contributed by atoms with van der Waals surface area (Å²) in [6.07, 6.45) is 6.18. The van der Waals surface area contributed by atoms with Crippen LogP contribution in [0.4, 0.5) is 4.39 Å². The lowest BCUT2D eigenvalue weighted by Crippen LogP contribution is -2.22. The fourth-order valence-corrected chi connectivity index (χ4v) is 3.45. The Morgan fingerprint density at radius 2 is 2.11 bits per heavy atom. The number of ketones is 2. The lowest BCUT2D eigenvalue weighted by molar-refractivity contribution is 0.0959. The predicted molar refractivity (Wildman–Crippen MR) is 101 cm³/mol. The summed E-state index contributed by atoms with van der Waals surface area (Å²) in [5.41, 5.74) is 1.39. The first kappa shape index (κ1) is 17.9. The molecular weight excluding hydrogens is 361 g/mol. The molecule has 1 aromatic carbocycles. The Morgan fingerprint density at radius 1 is 1.29 bits per heavy atom.